The van der Waals surface area contributed by atoms with E-state index in [9.17, 15) is 9.90 Å². The Morgan fingerprint density at radius 3 is 2.61 bits per heavy atom. The van der Waals surface area contributed by atoms with Gasteiger partial charge in [-0.05, 0) is 48.0 Å². The van der Waals surface area contributed by atoms with E-state index in [1.807, 2.05) is 18.2 Å². The summed E-state index contributed by atoms with van der Waals surface area (Å²) >= 11 is 3.47. The lowest BCUT2D eigenvalue weighted by Crippen LogP contribution is -2.49. The first-order chi connectivity index (χ1) is 13.6. The van der Waals surface area contributed by atoms with Crippen LogP contribution in [-0.4, -0.2) is 61.3 Å². The predicted molar refractivity (Wildman–Crippen MR) is 113 cm³/mol. The van der Waals surface area contributed by atoms with Crippen molar-refractivity contribution in [3.05, 3.63) is 52.5 Å². The van der Waals surface area contributed by atoms with Crippen molar-refractivity contribution in [2.24, 2.45) is 0 Å². The predicted octanol–water partition coefficient (Wildman–Crippen LogP) is 2.51. The van der Waals surface area contributed by atoms with Crippen LogP contribution in [0, 0.1) is 0 Å². The van der Waals surface area contributed by atoms with E-state index in [4.69, 9.17) is 4.74 Å². The summed E-state index contributed by atoms with van der Waals surface area (Å²) in [5.41, 5.74) is 3.03. The van der Waals surface area contributed by atoms with Crippen molar-refractivity contribution in [1.82, 2.24) is 4.90 Å². The van der Waals surface area contributed by atoms with Gasteiger partial charge < -0.3 is 20.1 Å². The number of piperazine rings is 1. The highest BCUT2D eigenvalue weighted by molar-refractivity contribution is 9.10. The largest absolute Gasteiger partial charge is 0.491 e. The number of fused-ring (bicyclic) bond motifs is 1. The fourth-order valence-electron chi connectivity index (χ4n) is 3.68. The Bertz CT molecular complexity index is 835. The number of anilines is 2. The monoisotopic (exact) mass is 445 g/mol. The molecular weight excluding hydrogens is 422 g/mol. The molecule has 0 unspecified atom stereocenters. The van der Waals surface area contributed by atoms with E-state index < -0.39 is 6.10 Å². The van der Waals surface area contributed by atoms with Crippen LogP contribution in [0.2, 0.25) is 0 Å². The first-order valence-corrected chi connectivity index (χ1v) is 10.3. The van der Waals surface area contributed by atoms with Crippen molar-refractivity contribution in [3.8, 4) is 5.75 Å². The van der Waals surface area contributed by atoms with Gasteiger partial charge in [0.25, 0.3) is 0 Å². The number of hydrogen-bond donors (Lipinski definition) is 2. The summed E-state index contributed by atoms with van der Waals surface area (Å²) in [6.07, 6.45) is -0.162. The third-order valence-corrected chi connectivity index (χ3v) is 5.71. The van der Waals surface area contributed by atoms with Crippen LogP contribution < -0.4 is 15.0 Å². The molecule has 0 aromatic heterocycles. The molecule has 0 bridgehead atoms. The molecule has 2 aromatic carbocycles. The second-order valence-corrected chi connectivity index (χ2v) is 8.19. The zero-order valence-corrected chi connectivity index (χ0v) is 17.2. The highest BCUT2D eigenvalue weighted by Gasteiger charge is 2.21. The maximum Gasteiger partial charge on any atom is 0.228 e. The van der Waals surface area contributed by atoms with Crippen molar-refractivity contribution in [2.45, 2.75) is 12.5 Å². The number of nitrogens with zero attached hydrogens (tertiary/aromatic N) is 2. The molecule has 2 aromatic rings. The summed E-state index contributed by atoms with van der Waals surface area (Å²) in [6, 6.07) is 13.9. The molecule has 4 rings (SSSR count). The molecule has 2 heterocycles. The Hall–Kier alpha value is -2.09. The number of carbonyl (C=O) groups is 1. The SMILES string of the molecule is O=C1Cc2cc(OC[C@@H](O)CN3CCN(c4ccc(Br)cc4)CC3)ccc2N1. The van der Waals surface area contributed by atoms with Crippen LogP contribution in [-0.2, 0) is 11.2 Å². The molecule has 148 valence electrons. The second-order valence-electron chi connectivity index (χ2n) is 7.27. The summed E-state index contributed by atoms with van der Waals surface area (Å²) in [6.45, 7) is 4.56. The summed E-state index contributed by atoms with van der Waals surface area (Å²) in [5.74, 6) is 0.698. The Kier molecular flexibility index (Phi) is 5.85. The molecule has 1 fully saturated rings. The Balaban J connectivity index is 1.22. The second kappa shape index (κ2) is 8.51. The molecule has 6 nitrogen and oxygen atoms in total. The van der Waals surface area contributed by atoms with Gasteiger partial charge in [0.05, 0.1) is 6.42 Å². The van der Waals surface area contributed by atoms with Gasteiger partial charge in [0.2, 0.25) is 5.91 Å². The van der Waals surface area contributed by atoms with Gasteiger partial charge in [-0.25, -0.2) is 0 Å². The summed E-state index contributed by atoms with van der Waals surface area (Å²) in [7, 11) is 0. The van der Waals surface area contributed by atoms with Crippen molar-refractivity contribution in [3.63, 3.8) is 0 Å². The fourth-order valence-corrected chi connectivity index (χ4v) is 3.94. The number of rotatable bonds is 6. The van der Waals surface area contributed by atoms with Crippen LogP contribution in [0.25, 0.3) is 0 Å². The molecule has 0 spiro atoms. The zero-order chi connectivity index (χ0) is 19.5. The quantitative estimate of drug-likeness (QED) is 0.714. The molecular formula is C21H24BrN3O3. The van der Waals surface area contributed by atoms with Crippen molar-refractivity contribution >= 4 is 33.2 Å². The number of benzene rings is 2. The molecule has 0 aliphatic carbocycles. The summed E-state index contributed by atoms with van der Waals surface area (Å²) in [5, 5.41) is 13.2. The minimum absolute atomic E-state index is 0.00876. The number of carbonyl (C=O) groups excluding carboxylic acids is 1. The molecule has 0 saturated carbocycles. The first kappa shape index (κ1) is 19.2. The van der Waals surface area contributed by atoms with Crippen LogP contribution >= 0.6 is 15.9 Å². The summed E-state index contributed by atoms with van der Waals surface area (Å²) in [4.78, 5) is 16.1. The van der Waals surface area contributed by atoms with Crippen molar-refractivity contribution in [1.29, 1.82) is 0 Å². The summed E-state index contributed by atoms with van der Waals surface area (Å²) < 4.78 is 6.83. The van der Waals surface area contributed by atoms with E-state index in [1.165, 1.54) is 5.69 Å². The van der Waals surface area contributed by atoms with Crippen LogP contribution in [0.15, 0.2) is 46.9 Å². The van der Waals surface area contributed by atoms with Gasteiger partial charge in [-0.1, -0.05) is 15.9 Å². The molecule has 0 radical (unpaired) electrons. The molecule has 1 saturated heterocycles. The number of halogens is 1. The number of hydrogen-bond acceptors (Lipinski definition) is 5. The highest BCUT2D eigenvalue weighted by Crippen LogP contribution is 2.27. The van der Waals surface area contributed by atoms with Crippen molar-refractivity contribution in [2.75, 3.05) is 49.5 Å². The Morgan fingerprint density at radius 1 is 1.11 bits per heavy atom. The van der Waals surface area contributed by atoms with Crippen LogP contribution in [0.1, 0.15) is 5.56 Å². The number of amides is 1. The maximum absolute atomic E-state index is 11.4. The average Bonchev–Trinajstić information content (AvgIpc) is 3.07. The van der Waals surface area contributed by atoms with Gasteiger partial charge in [0.1, 0.15) is 18.5 Å². The van der Waals surface area contributed by atoms with Gasteiger partial charge in [0, 0.05) is 48.6 Å². The van der Waals surface area contributed by atoms with Crippen LogP contribution in [0.3, 0.4) is 0 Å². The molecule has 1 amide bonds. The number of aliphatic hydroxyl groups excluding tert-OH is 1. The lowest BCUT2D eigenvalue weighted by molar-refractivity contribution is -0.115. The number of β-amino-alcohol motifs (C(OH)–C–C–N with tert-alkyl or cyclic N) is 1. The normalized spacial score (nSPS) is 17.9. The lowest BCUT2D eigenvalue weighted by atomic mass is 10.1. The van der Waals surface area contributed by atoms with Gasteiger partial charge in [-0.2, -0.15) is 0 Å². The number of nitrogens with one attached hydrogen (secondary N) is 1. The minimum Gasteiger partial charge on any atom is -0.491 e. The highest BCUT2D eigenvalue weighted by atomic mass is 79.9. The third-order valence-electron chi connectivity index (χ3n) is 5.18. The van der Waals surface area contributed by atoms with Gasteiger partial charge in [0.15, 0.2) is 0 Å². The zero-order valence-electron chi connectivity index (χ0n) is 15.6. The lowest BCUT2D eigenvalue weighted by Gasteiger charge is -2.36. The minimum atomic E-state index is -0.549. The standard InChI is InChI=1S/C21H24BrN3O3/c22-16-1-3-17(4-2-16)25-9-7-24(8-10-25)13-18(26)14-28-19-5-6-20-15(11-19)12-21(27)23-20/h1-6,11,18,26H,7-10,12-14H2,(H,23,27)/t18-/m0/s1. The number of aliphatic hydroxyl groups is 1. The van der Waals surface area contributed by atoms with Gasteiger partial charge >= 0.3 is 0 Å². The third kappa shape index (κ3) is 4.66. The smallest absolute Gasteiger partial charge is 0.228 e. The van der Waals surface area contributed by atoms with Gasteiger partial charge in [-0.15, -0.1) is 0 Å². The topological polar surface area (TPSA) is 65.0 Å². The maximum atomic E-state index is 11.4. The van der Waals surface area contributed by atoms with E-state index in [1.54, 1.807) is 0 Å². The molecule has 2 aliphatic heterocycles. The van der Waals surface area contributed by atoms with Crippen LogP contribution in [0.4, 0.5) is 11.4 Å². The Morgan fingerprint density at radius 2 is 1.86 bits per heavy atom. The van der Waals surface area contributed by atoms with E-state index in [0.717, 1.165) is 41.9 Å². The van der Waals surface area contributed by atoms with Crippen molar-refractivity contribution < 1.29 is 14.6 Å². The fraction of sp³-hybridized carbons (Fsp3) is 0.381. The average molecular weight is 446 g/mol. The Labute approximate surface area is 173 Å². The van der Waals surface area contributed by atoms with E-state index in [2.05, 4.69) is 55.3 Å². The van der Waals surface area contributed by atoms with E-state index in [0.29, 0.717) is 18.7 Å². The molecule has 7 heteroatoms. The molecule has 28 heavy (non-hydrogen) atoms. The first-order valence-electron chi connectivity index (χ1n) is 9.53. The molecule has 2 aliphatic rings. The number of ether oxygens (including phenoxy) is 1. The molecule has 1 atom stereocenters. The molecule has 2 N–H and O–H groups in total. The van der Waals surface area contributed by atoms with E-state index in [-0.39, 0.29) is 12.5 Å². The van der Waals surface area contributed by atoms with E-state index >= 15 is 0 Å². The van der Waals surface area contributed by atoms with Gasteiger partial charge in [-0.3, -0.25) is 9.69 Å². The van der Waals surface area contributed by atoms with Crippen LogP contribution in [0.5, 0.6) is 5.75 Å².